The first-order chi connectivity index (χ1) is 9.55. The molecule has 1 amide bonds. The van der Waals surface area contributed by atoms with E-state index in [1.54, 1.807) is 6.07 Å². The van der Waals surface area contributed by atoms with Gasteiger partial charge in [0.1, 0.15) is 0 Å². The van der Waals surface area contributed by atoms with Crippen LogP contribution < -0.4 is 11.1 Å². The lowest BCUT2D eigenvalue weighted by Crippen LogP contribution is -2.59. The van der Waals surface area contributed by atoms with Crippen molar-refractivity contribution in [3.05, 3.63) is 29.8 Å². The molecule has 5 nitrogen and oxygen atoms in total. The van der Waals surface area contributed by atoms with Crippen molar-refractivity contribution in [3.8, 4) is 0 Å². The minimum Gasteiger partial charge on any atom is -0.481 e. The van der Waals surface area contributed by atoms with Crippen LogP contribution in [0.25, 0.3) is 0 Å². The molecule has 116 valence electrons. The summed E-state index contributed by atoms with van der Waals surface area (Å²) in [7, 11) is 0. The first-order valence-corrected chi connectivity index (χ1v) is 6.02. The van der Waals surface area contributed by atoms with E-state index in [1.165, 1.54) is 18.2 Å². The van der Waals surface area contributed by atoms with E-state index in [2.05, 4.69) is 5.32 Å². The Bertz CT molecular complexity index is 542. The van der Waals surface area contributed by atoms with Crippen molar-refractivity contribution in [2.45, 2.75) is 31.5 Å². The predicted octanol–water partition coefficient (Wildman–Crippen LogP) is 1.92. The summed E-state index contributed by atoms with van der Waals surface area (Å²) in [5, 5.41) is 10.7. The molecule has 8 heteroatoms. The Morgan fingerprint density at radius 2 is 1.86 bits per heavy atom. The van der Waals surface area contributed by atoms with Gasteiger partial charge in [-0.1, -0.05) is 18.2 Å². The van der Waals surface area contributed by atoms with Crippen molar-refractivity contribution in [2.75, 3.05) is 5.32 Å². The van der Waals surface area contributed by atoms with E-state index in [0.29, 0.717) is 12.5 Å². The lowest BCUT2D eigenvalue weighted by atomic mass is 10.0. The van der Waals surface area contributed by atoms with Crippen LogP contribution in [-0.2, 0) is 16.0 Å². The van der Waals surface area contributed by atoms with Crippen molar-refractivity contribution in [3.63, 3.8) is 0 Å². The van der Waals surface area contributed by atoms with Gasteiger partial charge in [0.25, 0.3) is 5.91 Å². The van der Waals surface area contributed by atoms with Crippen molar-refractivity contribution in [1.29, 1.82) is 0 Å². The number of nitrogens with one attached hydrogen (secondary N) is 1. The second-order valence-electron chi connectivity index (χ2n) is 4.71. The van der Waals surface area contributed by atoms with Crippen LogP contribution in [0.15, 0.2) is 24.3 Å². The van der Waals surface area contributed by atoms with E-state index in [9.17, 15) is 22.8 Å². The van der Waals surface area contributed by atoms with Gasteiger partial charge in [-0.05, 0) is 25.0 Å². The predicted molar refractivity (Wildman–Crippen MR) is 69.7 cm³/mol. The van der Waals surface area contributed by atoms with Gasteiger partial charge in [-0.2, -0.15) is 13.2 Å². The zero-order valence-electron chi connectivity index (χ0n) is 11.2. The zero-order valence-corrected chi connectivity index (χ0v) is 11.2. The molecule has 1 rings (SSSR count). The minimum absolute atomic E-state index is 0.0824. The third-order valence-corrected chi connectivity index (χ3v) is 2.93. The van der Waals surface area contributed by atoms with Crippen LogP contribution in [0, 0.1) is 0 Å². The minimum atomic E-state index is -4.90. The van der Waals surface area contributed by atoms with Crippen LogP contribution in [0.1, 0.15) is 18.9 Å². The van der Waals surface area contributed by atoms with Gasteiger partial charge >= 0.3 is 12.1 Å². The number of carbonyl (C=O) groups is 2. The number of carbonyl (C=O) groups excluding carboxylic acids is 1. The summed E-state index contributed by atoms with van der Waals surface area (Å²) in [6.45, 7) is 0.572. The number of nitrogens with two attached hydrogens (primary N) is 1. The Hall–Kier alpha value is -2.09. The van der Waals surface area contributed by atoms with Crippen molar-refractivity contribution in [1.82, 2.24) is 0 Å². The molecule has 0 heterocycles. The van der Waals surface area contributed by atoms with Crippen LogP contribution >= 0.6 is 0 Å². The fourth-order valence-corrected chi connectivity index (χ4v) is 1.48. The maximum Gasteiger partial charge on any atom is 0.415 e. The molecular formula is C13H15F3N2O3. The zero-order chi connectivity index (χ0) is 16.3. The van der Waals surface area contributed by atoms with Gasteiger partial charge in [-0.25, -0.2) is 0 Å². The topological polar surface area (TPSA) is 92.4 Å². The SMILES string of the molecule is CC(N)(C(=O)Nc1ccccc1CCC(=O)O)C(F)(F)F. The molecule has 0 fully saturated rings. The monoisotopic (exact) mass is 304 g/mol. The molecule has 4 N–H and O–H groups in total. The Kier molecular flexibility index (Phi) is 4.95. The molecule has 1 atom stereocenters. The number of halogens is 3. The summed E-state index contributed by atoms with van der Waals surface area (Å²) in [6, 6.07) is 6.03. The standard InChI is InChI=1S/C13H15F3N2O3/c1-12(17,13(14,15)16)11(21)18-9-5-3-2-4-8(9)6-7-10(19)20/h2-5H,6-7,17H2,1H3,(H,18,21)(H,19,20). The third kappa shape index (κ3) is 4.19. The van der Waals surface area contributed by atoms with Crippen LogP contribution in [0.4, 0.5) is 18.9 Å². The van der Waals surface area contributed by atoms with Crippen molar-refractivity contribution in [2.24, 2.45) is 5.73 Å². The molecule has 21 heavy (non-hydrogen) atoms. The normalized spacial score (nSPS) is 14.3. The summed E-state index contributed by atoms with van der Waals surface area (Å²) in [6.07, 6.45) is -5.02. The number of amides is 1. The molecule has 0 aliphatic heterocycles. The van der Waals surface area contributed by atoms with Crippen LogP contribution in [0.3, 0.4) is 0 Å². The maximum absolute atomic E-state index is 12.7. The maximum atomic E-state index is 12.7. The average molecular weight is 304 g/mol. The van der Waals surface area contributed by atoms with E-state index < -0.39 is 23.6 Å². The number of hydrogen-bond donors (Lipinski definition) is 3. The Morgan fingerprint density at radius 3 is 2.38 bits per heavy atom. The van der Waals surface area contributed by atoms with E-state index in [0.717, 1.165) is 0 Å². The van der Waals surface area contributed by atoms with E-state index in [1.807, 2.05) is 0 Å². The molecule has 0 saturated carbocycles. The van der Waals surface area contributed by atoms with Gasteiger partial charge in [0.15, 0.2) is 5.54 Å². The molecule has 0 aromatic heterocycles. The average Bonchev–Trinajstić information content (AvgIpc) is 2.36. The molecule has 1 unspecified atom stereocenters. The number of aliphatic carboxylic acids is 1. The number of para-hydroxylation sites is 1. The second-order valence-corrected chi connectivity index (χ2v) is 4.71. The lowest BCUT2D eigenvalue weighted by Gasteiger charge is -2.26. The quantitative estimate of drug-likeness (QED) is 0.775. The molecule has 1 aromatic rings. The second kappa shape index (κ2) is 6.13. The van der Waals surface area contributed by atoms with Gasteiger partial charge in [0.2, 0.25) is 0 Å². The molecule has 0 radical (unpaired) electrons. The first kappa shape index (κ1) is 17.0. The van der Waals surface area contributed by atoms with Crippen molar-refractivity contribution >= 4 is 17.6 Å². The fraction of sp³-hybridized carbons (Fsp3) is 0.385. The smallest absolute Gasteiger partial charge is 0.415 e. The molecule has 0 aliphatic carbocycles. The van der Waals surface area contributed by atoms with Crippen LogP contribution in [-0.4, -0.2) is 28.7 Å². The summed E-state index contributed by atoms with van der Waals surface area (Å²) in [4.78, 5) is 22.2. The summed E-state index contributed by atoms with van der Waals surface area (Å²) in [5.41, 5.74) is 2.53. The Labute approximate surface area is 118 Å². The lowest BCUT2D eigenvalue weighted by molar-refractivity contribution is -0.184. The molecule has 0 spiro atoms. The molecule has 1 aromatic carbocycles. The summed E-state index contributed by atoms with van der Waals surface area (Å²) < 4.78 is 38.0. The highest BCUT2D eigenvalue weighted by molar-refractivity contribution is 5.98. The van der Waals surface area contributed by atoms with E-state index >= 15 is 0 Å². The number of benzene rings is 1. The fourth-order valence-electron chi connectivity index (χ4n) is 1.48. The van der Waals surface area contributed by atoms with Gasteiger partial charge < -0.3 is 16.2 Å². The Balaban J connectivity index is 2.93. The third-order valence-electron chi connectivity index (χ3n) is 2.93. The van der Waals surface area contributed by atoms with Crippen molar-refractivity contribution < 1.29 is 27.9 Å². The highest BCUT2D eigenvalue weighted by Gasteiger charge is 2.54. The number of carboxylic acids is 1. The summed E-state index contributed by atoms with van der Waals surface area (Å²) in [5.74, 6) is -2.45. The van der Waals surface area contributed by atoms with Gasteiger partial charge in [-0.15, -0.1) is 0 Å². The van der Waals surface area contributed by atoms with Gasteiger partial charge in [0, 0.05) is 12.1 Å². The first-order valence-electron chi connectivity index (χ1n) is 6.02. The number of carboxylic acid groups (broad SMARTS) is 1. The van der Waals surface area contributed by atoms with Crippen LogP contribution in [0.2, 0.25) is 0 Å². The molecule has 0 bridgehead atoms. The largest absolute Gasteiger partial charge is 0.481 e. The van der Waals surface area contributed by atoms with Gasteiger partial charge in [-0.3, -0.25) is 9.59 Å². The highest BCUT2D eigenvalue weighted by atomic mass is 19.4. The molecule has 0 saturated heterocycles. The Morgan fingerprint density at radius 1 is 1.29 bits per heavy atom. The number of alkyl halides is 3. The summed E-state index contributed by atoms with van der Waals surface area (Å²) >= 11 is 0. The van der Waals surface area contributed by atoms with Crippen LogP contribution in [0.5, 0.6) is 0 Å². The number of anilines is 1. The van der Waals surface area contributed by atoms with E-state index in [-0.39, 0.29) is 18.5 Å². The molecule has 0 aliphatic rings. The van der Waals surface area contributed by atoms with E-state index in [4.69, 9.17) is 10.8 Å². The number of rotatable bonds is 5. The number of hydrogen-bond acceptors (Lipinski definition) is 3. The highest BCUT2D eigenvalue weighted by Crippen LogP contribution is 2.29. The molecular weight excluding hydrogens is 289 g/mol. The number of aryl methyl sites for hydroxylation is 1. The van der Waals surface area contributed by atoms with Gasteiger partial charge in [0.05, 0.1) is 0 Å².